The summed E-state index contributed by atoms with van der Waals surface area (Å²) < 4.78 is 6.10. The van der Waals surface area contributed by atoms with Gasteiger partial charge in [-0.1, -0.05) is 11.6 Å². The molecule has 0 atom stereocenters. The Morgan fingerprint density at radius 1 is 1.35 bits per heavy atom. The molecule has 1 aromatic heterocycles. The minimum Gasteiger partial charge on any atom is -0.505 e. The molecule has 6 heteroatoms. The van der Waals surface area contributed by atoms with Crippen LogP contribution in [-0.2, 0) is 0 Å². The second kappa shape index (κ2) is 4.47. The summed E-state index contributed by atoms with van der Waals surface area (Å²) in [7, 11) is 1.55. The van der Waals surface area contributed by atoms with Gasteiger partial charge in [0.25, 0.3) is 5.56 Å². The van der Waals surface area contributed by atoms with E-state index in [-0.39, 0.29) is 10.8 Å². The zero-order chi connectivity index (χ0) is 12.4. The van der Waals surface area contributed by atoms with E-state index in [4.69, 9.17) is 16.3 Å². The lowest BCUT2D eigenvalue weighted by molar-refractivity contribution is 0.414. The SMILES string of the molecule is COc1ccc(-n2ncc(O)c(Cl)c2=O)cc1. The van der Waals surface area contributed by atoms with E-state index in [9.17, 15) is 9.90 Å². The van der Waals surface area contributed by atoms with Gasteiger partial charge in [0, 0.05) is 0 Å². The van der Waals surface area contributed by atoms with Gasteiger partial charge in [-0.3, -0.25) is 4.79 Å². The summed E-state index contributed by atoms with van der Waals surface area (Å²) in [6.07, 6.45) is 1.12. The lowest BCUT2D eigenvalue weighted by atomic mass is 10.3. The molecule has 0 aliphatic carbocycles. The van der Waals surface area contributed by atoms with Crippen LogP contribution in [0.4, 0.5) is 0 Å². The standard InChI is InChI=1S/C11H9ClN2O3/c1-17-8-4-2-7(3-5-8)14-11(16)10(12)9(15)6-13-14/h2-6,15H,1H3. The first-order valence-corrected chi connectivity index (χ1v) is 5.12. The van der Waals surface area contributed by atoms with Gasteiger partial charge in [-0.25, -0.2) is 0 Å². The predicted molar refractivity (Wildman–Crippen MR) is 63.1 cm³/mol. The minimum atomic E-state index is -0.572. The van der Waals surface area contributed by atoms with Crippen molar-refractivity contribution < 1.29 is 9.84 Å². The highest BCUT2D eigenvalue weighted by atomic mass is 35.5. The van der Waals surface area contributed by atoms with Crippen molar-refractivity contribution in [1.82, 2.24) is 9.78 Å². The number of rotatable bonds is 2. The van der Waals surface area contributed by atoms with Gasteiger partial charge in [-0.15, -0.1) is 0 Å². The number of aromatic hydroxyl groups is 1. The number of hydrogen-bond acceptors (Lipinski definition) is 4. The monoisotopic (exact) mass is 252 g/mol. The highest BCUT2D eigenvalue weighted by Crippen LogP contribution is 2.18. The van der Waals surface area contributed by atoms with Gasteiger partial charge >= 0.3 is 0 Å². The topological polar surface area (TPSA) is 64.3 Å². The van der Waals surface area contributed by atoms with E-state index in [0.29, 0.717) is 11.4 Å². The van der Waals surface area contributed by atoms with Crippen molar-refractivity contribution >= 4 is 11.6 Å². The van der Waals surface area contributed by atoms with Crippen molar-refractivity contribution in [2.45, 2.75) is 0 Å². The molecular formula is C11H9ClN2O3. The van der Waals surface area contributed by atoms with Gasteiger partial charge in [0.2, 0.25) is 0 Å². The third kappa shape index (κ3) is 2.09. The normalized spacial score (nSPS) is 10.2. The first-order chi connectivity index (χ1) is 8.13. The second-order valence-electron chi connectivity index (χ2n) is 3.26. The predicted octanol–water partition coefficient (Wildman–Crippen LogP) is 1.60. The van der Waals surface area contributed by atoms with E-state index in [1.54, 1.807) is 31.4 Å². The third-order valence-electron chi connectivity index (χ3n) is 2.22. The van der Waals surface area contributed by atoms with Crippen LogP contribution in [-0.4, -0.2) is 22.0 Å². The molecule has 1 heterocycles. The molecule has 0 amide bonds. The average Bonchev–Trinajstić information content (AvgIpc) is 2.36. The van der Waals surface area contributed by atoms with Crippen LogP contribution in [0.1, 0.15) is 0 Å². The molecule has 0 spiro atoms. The Hall–Kier alpha value is -2.01. The van der Waals surface area contributed by atoms with Crippen LogP contribution in [0.2, 0.25) is 5.02 Å². The molecule has 17 heavy (non-hydrogen) atoms. The largest absolute Gasteiger partial charge is 0.505 e. The highest BCUT2D eigenvalue weighted by molar-refractivity contribution is 6.31. The molecule has 88 valence electrons. The summed E-state index contributed by atoms with van der Waals surface area (Å²) in [5, 5.41) is 12.8. The van der Waals surface area contributed by atoms with Crippen molar-refractivity contribution in [1.29, 1.82) is 0 Å². The first-order valence-electron chi connectivity index (χ1n) is 4.74. The quantitative estimate of drug-likeness (QED) is 0.882. The van der Waals surface area contributed by atoms with E-state index in [1.165, 1.54) is 0 Å². The fourth-order valence-electron chi connectivity index (χ4n) is 1.33. The van der Waals surface area contributed by atoms with Crippen LogP contribution in [0.3, 0.4) is 0 Å². The number of methoxy groups -OCH3 is 1. The molecule has 0 saturated carbocycles. The van der Waals surface area contributed by atoms with Crippen molar-refractivity contribution in [2.75, 3.05) is 7.11 Å². The Labute approximate surface area is 102 Å². The number of hydrogen-bond donors (Lipinski definition) is 1. The van der Waals surface area contributed by atoms with Crippen molar-refractivity contribution in [3.05, 3.63) is 45.8 Å². The Bertz CT molecular complexity index is 593. The van der Waals surface area contributed by atoms with Crippen LogP contribution in [0.15, 0.2) is 35.3 Å². The Morgan fingerprint density at radius 3 is 2.59 bits per heavy atom. The van der Waals surface area contributed by atoms with Gasteiger partial charge < -0.3 is 9.84 Å². The molecule has 1 aromatic carbocycles. The maximum absolute atomic E-state index is 11.7. The summed E-state index contributed by atoms with van der Waals surface area (Å²) in [6, 6.07) is 6.73. The average molecular weight is 253 g/mol. The van der Waals surface area contributed by atoms with Gasteiger partial charge in [-0.05, 0) is 24.3 Å². The van der Waals surface area contributed by atoms with E-state index < -0.39 is 5.56 Å². The summed E-state index contributed by atoms with van der Waals surface area (Å²) in [5.74, 6) is 0.341. The molecule has 0 bridgehead atoms. The molecule has 0 unspecified atom stereocenters. The highest BCUT2D eigenvalue weighted by Gasteiger charge is 2.09. The zero-order valence-electron chi connectivity index (χ0n) is 8.92. The maximum Gasteiger partial charge on any atom is 0.294 e. The number of nitrogens with zero attached hydrogens (tertiary/aromatic N) is 2. The number of ether oxygens (including phenoxy) is 1. The summed E-state index contributed by atoms with van der Waals surface area (Å²) >= 11 is 5.64. The maximum atomic E-state index is 11.7. The smallest absolute Gasteiger partial charge is 0.294 e. The van der Waals surface area contributed by atoms with Crippen LogP contribution in [0, 0.1) is 0 Å². The third-order valence-corrected chi connectivity index (χ3v) is 2.57. The molecule has 0 aliphatic rings. The van der Waals surface area contributed by atoms with Crippen molar-refractivity contribution in [3.63, 3.8) is 0 Å². The zero-order valence-corrected chi connectivity index (χ0v) is 9.68. The number of aromatic nitrogens is 2. The van der Waals surface area contributed by atoms with Crippen LogP contribution >= 0.6 is 11.6 Å². The van der Waals surface area contributed by atoms with E-state index in [0.717, 1.165) is 10.9 Å². The lowest BCUT2D eigenvalue weighted by Gasteiger charge is -2.06. The summed E-state index contributed by atoms with van der Waals surface area (Å²) in [5.41, 5.74) is -0.0328. The summed E-state index contributed by atoms with van der Waals surface area (Å²) in [4.78, 5) is 11.7. The summed E-state index contributed by atoms with van der Waals surface area (Å²) in [6.45, 7) is 0. The molecule has 0 aliphatic heterocycles. The van der Waals surface area contributed by atoms with Gasteiger partial charge in [-0.2, -0.15) is 9.78 Å². The fourth-order valence-corrected chi connectivity index (χ4v) is 1.46. The molecule has 0 saturated heterocycles. The van der Waals surface area contributed by atoms with Crippen LogP contribution < -0.4 is 10.3 Å². The van der Waals surface area contributed by atoms with Gasteiger partial charge in [0.1, 0.15) is 5.75 Å². The van der Waals surface area contributed by atoms with E-state index >= 15 is 0 Å². The van der Waals surface area contributed by atoms with Gasteiger partial charge in [0.05, 0.1) is 19.0 Å². The molecule has 0 fully saturated rings. The molecule has 2 rings (SSSR count). The lowest BCUT2D eigenvalue weighted by Crippen LogP contribution is -2.20. The molecular weight excluding hydrogens is 244 g/mol. The Kier molecular flexibility index (Phi) is 3.01. The fraction of sp³-hybridized carbons (Fsp3) is 0.0909. The van der Waals surface area contributed by atoms with Gasteiger partial charge in [0.15, 0.2) is 10.8 Å². The van der Waals surface area contributed by atoms with Crippen molar-refractivity contribution in [2.24, 2.45) is 0 Å². The minimum absolute atomic E-state index is 0.254. The first kappa shape index (κ1) is 11.5. The second-order valence-corrected chi connectivity index (χ2v) is 3.64. The molecule has 1 N–H and O–H groups in total. The van der Waals surface area contributed by atoms with Crippen LogP contribution in [0.5, 0.6) is 11.5 Å². The number of benzene rings is 1. The van der Waals surface area contributed by atoms with E-state index in [2.05, 4.69) is 5.10 Å². The van der Waals surface area contributed by atoms with E-state index in [1.807, 2.05) is 0 Å². The number of halogens is 1. The molecule has 5 nitrogen and oxygen atoms in total. The van der Waals surface area contributed by atoms with Crippen molar-refractivity contribution in [3.8, 4) is 17.2 Å². The molecule has 0 radical (unpaired) electrons. The Morgan fingerprint density at radius 2 is 2.00 bits per heavy atom. The molecule has 2 aromatic rings. The van der Waals surface area contributed by atoms with Crippen LogP contribution in [0.25, 0.3) is 5.69 Å². The Balaban J connectivity index is 2.53.